The van der Waals surface area contributed by atoms with Gasteiger partial charge in [-0.3, -0.25) is 0 Å². The van der Waals surface area contributed by atoms with E-state index in [-0.39, 0.29) is 17.3 Å². The van der Waals surface area contributed by atoms with Crippen molar-refractivity contribution in [3.05, 3.63) is 34.6 Å². The van der Waals surface area contributed by atoms with Crippen LogP contribution in [0.25, 0.3) is 0 Å². The maximum Gasteiger partial charge on any atom is 0.123 e. The average Bonchev–Trinajstić information content (AvgIpc) is 2.17. The molecule has 0 aromatic heterocycles. The molecule has 90 valence electrons. The van der Waals surface area contributed by atoms with E-state index in [4.69, 9.17) is 17.3 Å². The number of hydrogen-bond donors (Lipinski definition) is 1. The third-order valence-corrected chi connectivity index (χ3v) is 3.21. The molecular formula is C13H19ClFN. The summed E-state index contributed by atoms with van der Waals surface area (Å²) < 4.78 is 13.0. The monoisotopic (exact) mass is 243 g/mol. The van der Waals surface area contributed by atoms with Crippen LogP contribution in [0.3, 0.4) is 0 Å². The zero-order chi connectivity index (χ0) is 12.3. The van der Waals surface area contributed by atoms with E-state index in [0.29, 0.717) is 5.02 Å². The Bertz CT molecular complexity index is 357. The molecule has 3 heteroatoms. The quantitative estimate of drug-likeness (QED) is 0.859. The molecule has 0 spiro atoms. The third-order valence-electron chi connectivity index (χ3n) is 2.84. The lowest BCUT2D eigenvalue weighted by Crippen LogP contribution is -2.35. The van der Waals surface area contributed by atoms with Crippen LogP contribution in [0.1, 0.15) is 32.8 Å². The van der Waals surface area contributed by atoms with Gasteiger partial charge in [0.25, 0.3) is 0 Å². The van der Waals surface area contributed by atoms with Crippen LogP contribution < -0.4 is 5.73 Å². The van der Waals surface area contributed by atoms with E-state index < -0.39 is 0 Å². The van der Waals surface area contributed by atoms with Gasteiger partial charge in [-0.15, -0.1) is 0 Å². The second-order valence-electron chi connectivity index (χ2n) is 5.25. The molecule has 2 N–H and O–H groups in total. The Morgan fingerprint density at radius 2 is 2.00 bits per heavy atom. The first-order chi connectivity index (χ1) is 7.30. The van der Waals surface area contributed by atoms with Crippen molar-refractivity contribution in [1.29, 1.82) is 0 Å². The molecule has 1 nitrogen and oxygen atoms in total. The number of halogens is 2. The molecule has 0 radical (unpaired) electrons. The minimum atomic E-state index is -0.247. The van der Waals surface area contributed by atoms with Crippen LogP contribution in [-0.4, -0.2) is 6.04 Å². The molecule has 1 rings (SSSR count). The summed E-state index contributed by atoms with van der Waals surface area (Å²) in [7, 11) is 0. The first-order valence-electron chi connectivity index (χ1n) is 5.50. The molecule has 1 atom stereocenters. The van der Waals surface area contributed by atoms with Gasteiger partial charge in [0.05, 0.1) is 0 Å². The van der Waals surface area contributed by atoms with Gasteiger partial charge in [0.1, 0.15) is 5.82 Å². The Hall–Kier alpha value is -0.600. The van der Waals surface area contributed by atoms with E-state index >= 15 is 0 Å². The summed E-state index contributed by atoms with van der Waals surface area (Å²) in [6, 6.07) is 4.54. The molecule has 0 heterocycles. The largest absolute Gasteiger partial charge is 0.327 e. The van der Waals surface area contributed by atoms with E-state index in [2.05, 4.69) is 20.8 Å². The number of hydrogen-bond acceptors (Lipinski definition) is 1. The molecule has 0 aliphatic carbocycles. The predicted octanol–water partition coefficient (Wildman–Crippen LogP) is 3.79. The number of nitrogens with two attached hydrogens (primary N) is 1. The van der Waals surface area contributed by atoms with Gasteiger partial charge in [-0.25, -0.2) is 4.39 Å². The topological polar surface area (TPSA) is 26.0 Å². The first-order valence-corrected chi connectivity index (χ1v) is 5.88. The van der Waals surface area contributed by atoms with Crippen LogP contribution in [0.4, 0.5) is 4.39 Å². The summed E-state index contributed by atoms with van der Waals surface area (Å²) in [4.78, 5) is 0. The van der Waals surface area contributed by atoms with Crippen LogP contribution in [0, 0.1) is 11.2 Å². The molecule has 1 unspecified atom stereocenters. The van der Waals surface area contributed by atoms with Crippen molar-refractivity contribution < 1.29 is 4.39 Å². The number of benzene rings is 1. The smallest absolute Gasteiger partial charge is 0.123 e. The number of aryl methyl sites for hydroxylation is 1. The zero-order valence-electron chi connectivity index (χ0n) is 10.1. The van der Waals surface area contributed by atoms with Crippen molar-refractivity contribution in [3.8, 4) is 0 Å². The maximum atomic E-state index is 13.0. The summed E-state index contributed by atoms with van der Waals surface area (Å²) in [5.74, 6) is -0.247. The molecule has 0 bridgehead atoms. The van der Waals surface area contributed by atoms with Crippen LogP contribution in [0.15, 0.2) is 18.2 Å². The summed E-state index contributed by atoms with van der Waals surface area (Å²) in [5.41, 5.74) is 6.95. The molecule has 0 saturated heterocycles. The van der Waals surface area contributed by atoms with E-state index in [1.807, 2.05) is 0 Å². The van der Waals surface area contributed by atoms with Gasteiger partial charge in [-0.1, -0.05) is 32.4 Å². The Kier molecular flexibility index (Phi) is 4.34. The highest BCUT2D eigenvalue weighted by Crippen LogP contribution is 2.24. The molecule has 0 fully saturated rings. The molecule has 1 aromatic rings. The van der Waals surface area contributed by atoms with Crippen molar-refractivity contribution in [2.24, 2.45) is 11.1 Å². The van der Waals surface area contributed by atoms with Gasteiger partial charge < -0.3 is 5.73 Å². The van der Waals surface area contributed by atoms with Crippen LogP contribution in [0.5, 0.6) is 0 Å². The van der Waals surface area contributed by atoms with Crippen LogP contribution >= 0.6 is 11.6 Å². The van der Waals surface area contributed by atoms with Crippen LogP contribution in [0.2, 0.25) is 5.02 Å². The highest BCUT2D eigenvalue weighted by molar-refractivity contribution is 6.31. The second-order valence-corrected chi connectivity index (χ2v) is 5.65. The Balaban J connectivity index is 2.64. The van der Waals surface area contributed by atoms with E-state index in [1.165, 1.54) is 12.1 Å². The Morgan fingerprint density at radius 3 is 2.56 bits per heavy atom. The summed E-state index contributed by atoms with van der Waals surface area (Å²) in [5, 5.41) is 0.613. The molecule has 16 heavy (non-hydrogen) atoms. The molecule has 0 saturated carbocycles. The SMILES string of the molecule is CC(C)(C)C(N)CCc1cc(F)ccc1Cl. The van der Waals surface area contributed by atoms with E-state index in [1.54, 1.807) is 6.07 Å². The summed E-state index contributed by atoms with van der Waals surface area (Å²) in [6.07, 6.45) is 1.53. The Morgan fingerprint density at radius 1 is 1.38 bits per heavy atom. The lowest BCUT2D eigenvalue weighted by molar-refractivity contribution is 0.306. The second kappa shape index (κ2) is 5.15. The van der Waals surface area contributed by atoms with Gasteiger partial charge in [0.15, 0.2) is 0 Å². The lowest BCUT2D eigenvalue weighted by Gasteiger charge is -2.27. The summed E-state index contributed by atoms with van der Waals surface area (Å²) in [6.45, 7) is 6.31. The highest BCUT2D eigenvalue weighted by Gasteiger charge is 2.20. The van der Waals surface area contributed by atoms with Crippen molar-refractivity contribution in [2.45, 2.75) is 39.7 Å². The molecule has 0 aliphatic rings. The van der Waals surface area contributed by atoms with Gasteiger partial charge in [-0.05, 0) is 42.0 Å². The minimum Gasteiger partial charge on any atom is -0.327 e. The van der Waals surface area contributed by atoms with Crippen molar-refractivity contribution in [2.75, 3.05) is 0 Å². The number of rotatable bonds is 3. The zero-order valence-corrected chi connectivity index (χ0v) is 10.8. The average molecular weight is 244 g/mol. The molecule has 0 amide bonds. The van der Waals surface area contributed by atoms with Gasteiger partial charge in [0, 0.05) is 11.1 Å². The minimum absolute atomic E-state index is 0.0692. The first kappa shape index (κ1) is 13.5. The van der Waals surface area contributed by atoms with Crippen molar-refractivity contribution in [3.63, 3.8) is 0 Å². The lowest BCUT2D eigenvalue weighted by atomic mass is 9.84. The fraction of sp³-hybridized carbons (Fsp3) is 0.538. The van der Waals surface area contributed by atoms with Gasteiger partial charge >= 0.3 is 0 Å². The van der Waals surface area contributed by atoms with Crippen molar-refractivity contribution in [1.82, 2.24) is 0 Å². The van der Waals surface area contributed by atoms with E-state index in [0.717, 1.165) is 18.4 Å². The van der Waals surface area contributed by atoms with Crippen LogP contribution in [-0.2, 0) is 6.42 Å². The van der Waals surface area contributed by atoms with E-state index in [9.17, 15) is 4.39 Å². The molecular weight excluding hydrogens is 225 g/mol. The third kappa shape index (κ3) is 3.76. The normalized spacial score (nSPS) is 13.9. The van der Waals surface area contributed by atoms with Gasteiger partial charge in [0.2, 0.25) is 0 Å². The fourth-order valence-corrected chi connectivity index (χ4v) is 1.69. The Labute approximate surface area is 102 Å². The molecule has 0 aliphatic heterocycles. The predicted molar refractivity (Wildman–Crippen MR) is 67.2 cm³/mol. The van der Waals surface area contributed by atoms with Gasteiger partial charge in [-0.2, -0.15) is 0 Å². The highest BCUT2D eigenvalue weighted by atomic mass is 35.5. The molecule has 1 aromatic carbocycles. The maximum absolute atomic E-state index is 13.0. The summed E-state index contributed by atoms with van der Waals surface area (Å²) >= 11 is 5.99. The fourth-order valence-electron chi connectivity index (χ4n) is 1.48. The van der Waals surface area contributed by atoms with Crippen molar-refractivity contribution >= 4 is 11.6 Å². The standard InChI is InChI=1S/C13H19ClFN/c1-13(2,3)12(16)7-4-9-8-10(15)5-6-11(9)14/h5-6,8,12H,4,7,16H2,1-3H3.